The third-order valence-electron chi connectivity index (χ3n) is 4.15. The van der Waals surface area contributed by atoms with Gasteiger partial charge >= 0.3 is 0 Å². The van der Waals surface area contributed by atoms with Crippen molar-refractivity contribution < 1.29 is 9.53 Å². The molecule has 0 unspecified atom stereocenters. The number of piperidine rings is 1. The molecule has 108 valence electrons. The summed E-state index contributed by atoms with van der Waals surface area (Å²) in [5.74, 6) is 0.0671. The molecular weight excluding hydrogens is 254 g/mol. The highest BCUT2D eigenvalue weighted by molar-refractivity contribution is 5.78. The van der Waals surface area contributed by atoms with Gasteiger partial charge in [0, 0.05) is 5.69 Å². The van der Waals surface area contributed by atoms with E-state index in [1.165, 1.54) is 0 Å². The highest BCUT2D eigenvalue weighted by atomic mass is 16.5. The number of amides is 1. The second kappa shape index (κ2) is 5.50. The molecule has 1 N–H and O–H groups in total. The van der Waals surface area contributed by atoms with E-state index in [-0.39, 0.29) is 18.1 Å². The number of aromatic nitrogens is 1. The van der Waals surface area contributed by atoms with Gasteiger partial charge in [0.2, 0.25) is 5.91 Å². The second-order valence-electron chi connectivity index (χ2n) is 5.74. The predicted molar refractivity (Wildman–Crippen MR) is 75.2 cm³/mol. The lowest BCUT2D eigenvalue weighted by Gasteiger charge is -2.44. The van der Waals surface area contributed by atoms with Gasteiger partial charge in [0.1, 0.15) is 6.61 Å². The number of carbonyl (C=O) groups excluding carboxylic acids is 1. The summed E-state index contributed by atoms with van der Waals surface area (Å²) in [5.41, 5.74) is 1.78. The molecule has 0 aromatic carbocycles. The number of pyridine rings is 1. The largest absolute Gasteiger partial charge is 0.363 e. The molecule has 1 spiro atoms. The average molecular weight is 275 g/mol. The van der Waals surface area contributed by atoms with Crippen LogP contribution in [0, 0.1) is 6.92 Å². The minimum atomic E-state index is -0.150. The van der Waals surface area contributed by atoms with Crippen molar-refractivity contribution in [2.75, 3.05) is 26.2 Å². The number of nitrogens with zero attached hydrogens (tertiary/aromatic N) is 2. The Morgan fingerprint density at radius 3 is 2.95 bits per heavy atom. The summed E-state index contributed by atoms with van der Waals surface area (Å²) in [6.07, 6.45) is 1.94. The van der Waals surface area contributed by atoms with Crippen LogP contribution in [0.4, 0.5) is 0 Å². The summed E-state index contributed by atoms with van der Waals surface area (Å²) >= 11 is 0. The third kappa shape index (κ3) is 2.83. The van der Waals surface area contributed by atoms with Crippen LogP contribution in [0.5, 0.6) is 0 Å². The summed E-state index contributed by atoms with van der Waals surface area (Å²) in [4.78, 5) is 18.5. The first-order valence-electron chi connectivity index (χ1n) is 7.22. The number of hydrogen-bond donors (Lipinski definition) is 1. The van der Waals surface area contributed by atoms with Crippen LogP contribution in [0.15, 0.2) is 18.2 Å². The van der Waals surface area contributed by atoms with Crippen molar-refractivity contribution in [3.8, 4) is 0 Å². The maximum Gasteiger partial charge on any atom is 0.249 e. The van der Waals surface area contributed by atoms with Crippen LogP contribution >= 0.6 is 0 Å². The van der Waals surface area contributed by atoms with Gasteiger partial charge in [-0.25, -0.2) is 0 Å². The van der Waals surface area contributed by atoms with E-state index < -0.39 is 0 Å². The summed E-state index contributed by atoms with van der Waals surface area (Å²) < 4.78 is 5.86. The average Bonchev–Trinajstić information content (AvgIpc) is 2.44. The Morgan fingerprint density at radius 1 is 1.40 bits per heavy atom. The molecule has 20 heavy (non-hydrogen) atoms. The van der Waals surface area contributed by atoms with Gasteiger partial charge in [0.15, 0.2) is 0 Å². The van der Waals surface area contributed by atoms with E-state index in [1.807, 2.05) is 30.0 Å². The van der Waals surface area contributed by atoms with Crippen molar-refractivity contribution in [1.29, 1.82) is 0 Å². The lowest BCUT2D eigenvalue weighted by Crippen LogP contribution is -2.57. The minimum absolute atomic E-state index is 0.0671. The molecule has 2 aliphatic rings. The van der Waals surface area contributed by atoms with E-state index in [0.717, 1.165) is 37.3 Å². The number of hydrogen-bond acceptors (Lipinski definition) is 4. The van der Waals surface area contributed by atoms with Gasteiger partial charge < -0.3 is 15.0 Å². The second-order valence-corrected chi connectivity index (χ2v) is 5.74. The van der Waals surface area contributed by atoms with Crippen molar-refractivity contribution in [2.24, 2.45) is 0 Å². The maximum atomic E-state index is 12.1. The molecule has 0 radical (unpaired) electrons. The van der Waals surface area contributed by atoms with E-state index in [2.05, 4.69) is 10.3 Å². The van der Waals surface area contributed by atoms with Gasteiger partial charge in [0.25, 0.3) is 0 Å². The molecule has 2 aliphatic heterocycles. The van der Waals surface area contributed by atoms with Crippen LogP contribution in [0.1, 0.15) is 24.2 Å². The van der Waals surface area contributed by atoms with E-state index in [4.69, 9.17) is 4.74 Å². The molecule has 1 aromatic heterocycles. The van der Waals surface area contributed by atoms with Crippen LogP contribution in [0.25, 0.3) is 0 Å². The zero-order valence-electron chi connectivity index (χ0n) is 11.9. The van der Waals surface area contributed by atoms with Gasteiger partial charge in [-0.1, -0.05) is 6.07 Å². The minimum Gasteiger partial charge on any atom is -0.363 e. The standard InChI is InChI=1S/C15H21N3O2/c1-12-3-2-4-13(17-12)9-18-11-15(20-10-14(18)19)5-7-16-8-6-15/h2-4,16H,5-11H2,1H3. The molecule has 0 saturated carbocycles. The molecule has 0 atom stereocenters. The van der Waals surface area contributed by atoms with E-state index >= 15 is 0 Å². The van der Waals surface area contributed by atoms with Crippen LogP contribution < -0.4 is 5.32 Å². The number of carbonyl (C=O) groups is 1. The van der Waals surface area contributed by atoms with Crippen molar-refractivity contribution >= 4 is 5.91 Å². The zero-order valence-corrected chi connectivity index (χ0v) is 11.9. The number of nitrogens with one attached hydrogen (secondary N) is 1. The van der Waals surface area contributed by atoms with Crippen LogP contribution in [-0.4, -0.2) is 47.6 Å². The molecule has 0 aliphatic carbocycles. The molecule has 1 aromatic rings. The summed E-state index contributed by atoms with van der Waals surface area (Å²) in [6.45, 7) is 5.36. The van der Waals surface area contributed by atoms with Crippen LogP contribution in [0.2, 0.25) is 0 Å². The zero-order chi connectivity index (χ0) is 14.0. The first-order chi connectivity index (χ1) is 9.67. The monoisotopic (exact) mass is 275 g/mol. The number of morpholine rings is 1. The van der Waals surface area contributed by atoms with Gasteiger partial charge in [-0.15, -0.1) is 0 Å². The van der Waals surface area contributed by atoms with Gasteiger partial charge in [0.05, 0.1) is 24.4 Å². The Kier molecular flexibility index (Phi) is 3.72. The van der Waals surface area contributed by atoms with E-state index in [0.29, 0.717) is 13.1 Å². The van der Waals surface area contributed by atoms with Gasteiger partial charge in [-0.3, -0.25) is 9.78 Å². The molecule has 2 fully saturated rings. The molecule has 0 bridgehead atoms. The highest BCUT2D eigenvalue weighted by Gasteiger charge is 2.40. The Hall–Kier alpha value is -1.46. The Bertz CT molecular complexity index is 498. The van der Waals surface area contributed by atoms with E-state index in [1.54, 1.807) is 0 Å². The lowest BCUT2D eigenvalue weighted by atomic mass is 9.90. The number of aryl methyl sites for hydroxylation is 1. The first-order valence-corrected chi connectivity index (χ1v) is 7.22. The van der Waals surface area contributed by atoms with E-state index in [9.17, 15) is 4.79 Å². The van der Waals surface area contributed by atoms with Gasteiger partial charge in [-0.2, -0.15) is 0 Å². The van der Waals surface area contributed by atoms with Crippen molar-refractivity contribution in [3.63, 3.8) is 0 Å². The molecule has 2 saturated heterocycles. The molecule has 3 rings (SSSR count). The predicted octanol–water partition coefficient (Wildman–Crippen LogP) is 0.871. The smallest absolute Gasteiger partial charge is 0.249 e. The van der Waals surface area contributed by atoms with Crippen molar-refractivity contribution in [1.82, 2.24) is 15.2 Å². The third-order valence-corrected chi connectivity index (χ3v) is 4.15. The fourth-order valence-corrected chi connectivity index (χ4v) is 3.00. The summed E-state index contributed by atoms with van der Waals surface area (Å²) in [7, 11) is 0. The van der Waals surface area contributed by atoms with Crippen molar-refractivity contribution in [3.05, 3.63) is 29.6 Å². The Balaban J connectivity index is 1.72. The van der Waals surface area contributed by atoms with Crippen LogP contribution in [-0.2, 0) is 16.1 Å². The molecular formula is C15H21N3O2. The summed E-state index contributed by atoms with van der Waals surface area (Å²) in [5, 5.41) is 3.34. The fraction of sp³-hybridized carbons (Fsp3) is 0.600. The Morgan fingerprint density at radius 2 is 2.20 bits per heavy atom. The number of ether oxygens (including phenoxy) is 1. The first kappa shape index (κ1) is 13.5. The maximum absolute atomic E-state index is 12.1. The quantitative estimate of drug-likeness (QED) is 0.870. The molecule has 1 amide bonds. The lowest BCUT2D eigenvalue weighted by molar-refractivity contribution is -0.169. The SMILES string of the molecule is Cc1cccc(CN2CC3(CCNCC3)OCC2=O)n1. The summed E-state index contributed by atoms with van der Waals surface area (Å²) in [6, 6.07) is 5.94. The van der Waals surface area contributed by atoms with Crippen molar-refractivity contribution in [2.45, 2.75) is 31.9 Å². The molecule has 3 heterocycles. The highest BCUT2D eigenvalue weighted by Crippen LogP contribution is 2.28. The molecule has 5 nitrogen and oxygen atoms in total. The normalized spacial score (nSPS) is 22.2. The number of rotatable bonds is 2. The Labute approximate surface area is 119 Å². The van der Waals surface area contributed by atoms with Crippen LogP contribution in [0.3, 0.4) is 0 Å². The fourth-order valence-electron chi connectivity index (χ4n) is 3.00. The molecule has 5 heteroatoms. The topological polar surface area (TPSA) is 54.5 Å². The van der Waals surface area contributed by atoms with Gasteiger partial charge in [-0.05, 0) is 45.0 Å².